The lowest BCUT2D eigenvalue weighted by molar-refractivity contribution is 0.0699. The van der Waals surface area contributed by atoms with Crippen molar-refractivity contribution in [1.82, 2.24) is 24.8 Å². The second kappa shape index (κ2) is 7.90. The highest BCUT2D eigenvalue weighted by Gasteiger charge is 2.27. The van der Waals surface area contributed by atoms with Crippen LogP contribution in [0.2, 0.25) is 0 Å². The fourth-order valence-electron chi connectivity index (χ4n) is 3.20. The van der Waals surface area contributed by atoms with E-state index in [1.165, 1.54) is 6.33 Å². The van der Waals surface area contributed by atoms with E-state index in [4.69, 9.17) is 4.74 Å². The lowest BCUT2D eigenvalue weighted by atomic mass is 9.95. The van der Waals surface area contributed by atoms with Crippen LogP contribution in [0.1, 0.15) is 34.9 Å². The van der Waals surface area contributed by atoms with Gasteiger partial charge in [0.2, 0.25) is 5.88 Å². The molecule has 136 valence electrons. The van der Waals surface area contributed by atoms with Crippen LogP contribution in [-0.4, -0.2) is 43.8 Å². The number of aromatic nitrogens is 4. The first-order valence-corrected chi connectivity index (χ1v) is 8.90. The summed E-state index contributed by atoms with van der Waals surface area (Å²) in [4.78, 5) is 31.3. The molecule has 0 saturated carbocycles. The first kappa shape index (κ1) is 17.1. The maximum absolute atomic E-state index is 12.7. The Morgan fingerprint density at radius 1 is 1.11 bits per heavy atom. The standard InChI is InChI=1S/C20H19N5O2/c26-20(17-8-9-21-14-23-17)25-10-4-5-15(13-25)18-11-22-12-19(24-18)27-16-6-2-1-3-7-16/h1-3,6-9,11-12,14-15H,4-5,10,13H2. The average Bonchev–Trinajstić information content (AvgIpc) is 2.75. The van der Waals surface area contributed by atoms with Gasteiger partial charge in [-0.15, -0.1) is 0 Å². The van der Waals surface area contributed by atoms with Gasteiger partial charge in [0.1, 0.15) is 17.8 Å². The summed E-state index contributed by atoms with van der Waals surface area (Å²) >= 11 is 0. The maximum atomic E-state index is 12.7. The number of ether oxygens (including phenoxy) is 1. The Morgan fingerprint density at radius 3 is 2.81 bits per heavy atom. The number of para-hydroxylation sites is 1. The normalized spacial score (nSPS) is 16.7. The van der Waals surface area contributed by atoms with Crippen molar-refractivity contribution in [1.29, 1.82) is 0 Å². The number of hydrogen-bond acceptors (Lipinski definition) is 6. The fourth-order valence-corrected chi connectivity index (χ4v) is 3.20. The summed E-state index contributed by atoms with van der Waals surface area (Å²) in [6.45, 7) is 1.30. The number of carbonyl (C=O) groups is 1. The quantitative estimate of drug-likeness (QED) is 0.710. The Hall–Kier alpha value is -3.35. The number of nitrogens with zero attached hydrogens (tertiary/aromatic N) is 5. The molecule has 0 N–H and O–H groups in total. The van der Waals surface area contributed by atoms with Crippen LogP contribution >= 0.6 is 0 Å². The van der Waals surface area contributed by atoms with E-state index >= 15 is 0 Å². The van der Waals surface area contributed by atoms with Crippen molar-refractivity contribution in [2.75, 3.05) is 13.1 Å². The molecule has 4 rings (SSSR count). The van der Waals surface area contributed by atoms with E-state index in [0.29, 0.717) is 30.4 Å². The van der Waals surface area contributed by atoms with Crippen LogP contribution < -0.4 is 4.74 Å². The number of hydrogen-bond donors (Lipinski definition) is 0. The summed E-state index contributed by atoms with van der Waals surface area (Å²) in [6, 6.07) is 11.1. The van der Waals surface area contributed by atoms with Crippen molar-refractivity contribution in [3.05, 3.63) is 72.7 Å². The molecule has 0 bridgehead atoms. The molecule has 1 saturated heterocycles. The van der Waals surface area contributed by atoms with E-state index in [1.54, 1.807) is 24.7 Å². The van der Waals surface area contributed by atoms with Gasteiger partial charge < -0.3 is 9.64 Å². The molecule has 3 aromatic rings. The molecular formula is C20H19N5O2. The number of piperidine rings is 1. The van der Waals surface area contributed by atoms with Gasteiger partial charge in [-0.3, -0.25) is 9.78 Å². The van der Waals surface area contributed by atoms with Gasteiger partial charge in [-0.25, -0.2) is 15.0 Å². The van der Waals surface area contributed by atoms with E-state index in [0.717, 1.165) is 18.5 Å². The summed E-state index contributed by atoms with van der Waals surface area (Å²) < 4.78 is 5.78. The monoisotopic (exact) mass is 361 g/mol. The molecule has 7 heteroatoms. The van der Waals surface area contributed by atoms with Crippen LogP contribution in [0.3, 0.4) is 0 Å². The molecule has 27 heavy (non-hydrogen) atoms. The Balaban J connectivity index is 1.48. The SMILES string of the molecule is O=C(c1ccncn1)N1CCCC(c2cncc(Oc3ccccc3)n2)C1. The van der Waals surface area contributed by atoms with Gasteiger partial charge >= 0.3 is 0 Å². The lowest BCUT2D eigenvalue weighted by Gasteiger charge is -2.32. The Bertz CT molecular complexity index is 905. The first-order valence-electron chi connectivity index (χ1n) is 8.90. The minimum atomic E-state index is -0.0771. The van der Waals surface area contributed by atoms with Crippen LogP contribution in [0.5, 0.6) is 11.6 Å². The highest BCUT2D eigenvalue weighted by molar-refractivity contribution is 5.92. The first-order chi connectivity index (χ1) is 13.3. The molecule has 3 heterocycles. The topological polar surface area (TPSA) is 81.1 Å². The van der Waals surface area contributed by atoms with E-state index in [9.17, 15) is 4.79 Å². The van der Waals surface area contributed by atoms with Crippen LogP contribution in [0, 0.1) is 0 Å². The molecular weight excluding hydrogens is 342 g/mol. The molecule has 1 aliphatic rings. The summed E-state index contributed by atoms with van der Waals surface area (Å²) in [7, 11) is 0. The molecule has 1 aliphatic heterocycles. The predicted octanol–water partition coefficient (Wildman–Crippen LogP) is 3.08. The van der Waals surface area contributed by atoms with E-state index < -0.39 is 0 Å². The molecule has 2 aromatic heterocycles. The van der Waals surface area contributed by atoms with Crippen molar-refractivity contribution in [2.45, 2.75) is 18.8 Å². The highest BCUT2D eigenvalue weighted by atomic mass is 16.5. The summed E-state index contributed by atoms with van der Waals surface area (Å²) in [5.41, 5.74) is 1.25. The molecule has 1 aromatic carbocycles. The zero-order valence-corrected chi connectivity index (χ0v) is 14.7. The number of carbonyl (C=O) groups excluding carboxylic acids is 1. The largest absolute Gasteiger partial charge is 0.437 e. The summed E-state index contributed by atoms with van der Waals surface area (Å²) in [6.07, 6.45) is 8.19. The van der Waals surface area contributed by atoms with E-state index in [2.05, 4.69) is 19.9 Å². The third-order valence-electron chi connectivity index (χ3n) is 4.52. The lowest BCUT2D eigenvalue weighted by Crippen LogP contribution is -2.39. The van der Waals surface area contributed by atoms with E-state index in [1.807, 2.05) is 35.2 Å². The summed E-state index contributed by atoms with van der Waals surface area (Å²) in [5.74, 6) is 1.22. The number of likely N-dealkylation sites (tertiary alicyclic amines) is 1. The van der Waals surface area contributed by atoms with Gasteiger partial charge in [-0.2, -0.15) is 0 Å². The van der Waals surface area contributed by atoms with Crippen molar-refractivity contribution < 1.29 is 9.53 Å². The van der Waals surface area contributed by atoms with Crippen LogP contribution in [0.25, 0.3) is 0 Å². The number of amides is 1. The van der Waals surface area contributed by atoms with Crippen LogP contribution in [0.4, 0.5) is 0 Å². The highest BCUT2D eigenvalue weighted by Crippen LogP contribution is 2.28. The molecule has 1 atom stereocenters. The Morgan fingerprint density at radius 2 is 2.00 bits per heavy atom. The van der Waals surface area contributed by atoms with Gasteiger partial charge in [-0.1, -0.05) is 18.2 Å². The summed E-state index contributed by atoms with van der Waals surface area (Å²) in [5, 5.41) is 0. The van der Waals surface area contributed by atoms with Crippen molar-refractivity contribution in [3.8, 4) is 11.6 Å². The zero-order chi connectivity index (χ0) is 18.5. The van der Waals surface area contributed by atoms with Gasteiger partial charge in [0.05, 0.1) is 11.9 Å². The van der Waals surface area contributed by atoms with Crippen LogP contribution in [0.15, 0.2) is 61.3 Å². The van der Waals surface area contributed by atoms with Gasteiger partial charge in [-0.05, 0) is 31.0 Å². The second-order valence-corrected chi connectivity index (χ2v) is 6.38. The third kappa shape index (κ3) is 4.08. The Kier molecular flexibility index (Phi) is 5.00. The smallest absolute Gasteiger partial charge is 0.272 e. The predicted molar refractivity (Wildman–Crippen MR) is 98.5 cm³/mol. The van der Waals surface area contributed by atoms with Gasteiger partial charge in [0.25, 0.3) is 5.91 Å². The van der Waals surface area contributed by atoms with Crippen molar-refractivity contribution in [3.63, 3.8) is 0 Å². The number of benzene rings is 1. The molecule has 0 spiro atoms. The molecule has 1 fully saturated rings. The molecule has 7 nitrogen and oxygen atoms in total. The van der Waals surface area contributed by atoms with Crippen LogP contribution in [-0.2, 0) is 0 Å². The molecule has 0 aliphatic carbocycles. The van der Waals surface area contributed by atoms with Crippen molar-refractivity contribution in [2.24, 2.45) is 0 Å². The fraction of sp³-hybridized carbons (Fsp3) is 0.250. The average molecular weight is 361 g/mol. The van der Waals surface area contributed by atoms with Crippen molar-refractivity contribution >= 4 is 5.91 Å². The minimum absolute atomic E-state index is 0.0771. The third-order valence-corrected chi connectivity index (χ3v) is 4.52. The minimum Gasteiger partial charge on any atom is -0.437 e. The molecule has 1 unspecified atom stereocenters. The second-order valence-electron chi connectivity index (χ2n) is 6.38. The van der Waals surface area contributed by atoms with Gasteiger partial charge in [0.15, 0.2) is 0 Å². The number of rotatable bonds is 4. The maximum Gasteiger partial charge on any atom is 0.272 e. The molecule has 1 amide bonds. The zero-order valence-electron chi connectivity index (χ0n) is 14.7. The van der Waals surface area contributed by atoms with Gasteiger partial charge in [0, 0.05) is 31.4 Å². The Labute approximate surface area is 157 Å². The molecule has 0 radical (unpaired) electrons. The van der Waals surface area contributed by atoms with E-state index in [-0.39, 0.29) is 11.8 Å².